The molecule has 0 saturated carbocycles. The van der Waals surface area contributed by atoms with Gasteiger partial charge in [0.1, 0.15) is 0 Å². The summed E-state index contributed by atoms with van der Waals surface area (Å²) in [6.45, 7) is 4.58. The van der Waals surface area contributed by atoms with Crippen LogP contribution in [0.3, 0.4) is 0 Å². The molecule has 0 aliphatic carbocycles. The van der Waals surface area contributed by atoms with E-state index in [1.54, 1.807) is 0 Å². The van der Waals surface area contributed by atoms with Crippen LogP contribution in [0.15, 0.2) is 0 Å². The third-order valence-electron chi connectivity index (χ3n) is 3.21. The number of hydrogen-bond donors (Lipinski definition) is 0. The fraction of sp³-hybridized carbons (Fsp3) is 1.00. The number of unbranched alkanes of at least 4 members (excludes halogenated alkanes) is 12. The zero-order chi connectivity index (χ0) is 11.2. The van der Waals surface area contributed by atoms with Crippen LogP contribution in [0.2, 0.25) is 0 Å². The van der Waals surface area contributed by atoms with E-state index in [-0.39, 0.29) is 52.8 Å². The van der Waals surface area contributed by atoms with Gasteiger partial charge in [0.05, 0.1) is 0 Å². The maximum absolute atomic E-state index is 2.29. The fourth-order valence-corrected chi connectivity index (χ4v) is 2.09. The van der Waals surface area contributed by atoms with Crippen molar-refractivity contribution in [1.82, 2.24) is 0 Å². The van der Waals surface area contributed by atoms with E-state index in [9.17, 15) is 0 Å². The van der Waals surface area contributed by atoms with Gasteiger partial charge in [-0.3, -0.25) is 0 Å². The molecule has 0 heterocycles. The molecule has 0 rings (SSSR count). The summed E-state index contributed by atoms with van der Waals surface area (Å²) < 4.78 is 0. The van der Waals surface area contributed by atoms with E-state index in [1.165, 1.54) is 83.5 Å². The molecule has 16 heavy (non-hydrogen) atoms. The SMILES string of the molecule is CCCCCCCCCCCCCCC.[H-].[K+]. The topological polar surface area (TPSA) is 0 Å². The average Bonchev–Trinajstić information content (AvgIpc) is 2.26. The Morgan fingerprint density at radius 2 is 0.625 bits per heavy atom. The van der Waals surface area contributed by atoms with Crippen LogP contribution in [0.4, 0.5) is 0 Å². The van der Waals surface area contributed by atoms with Crippen LogP contribution >= 0.6 is 0 Å². The van der Waals surface area contributed by atoms with Gasteiger partial charge in [-0.2, -0.15) is 0 Å². The quantitative estimate of drug-likeness (QED) is 0.370. The second-order valence-corrected chi connectivity index (χ2v) is 4.89. The Balaban J connectivity index is -0.000000980. The van der Waals surface area contributed by atoms with Crippen molar-refractivity contribution in [3.05, 3.63) is 0 Å². The largest absolute Gasteiger partial charge is 1.00 e. The van der Waals surface area contributed by atoms with Crippen molar-refractivity contribution in [1.29, 1.82) is 0 Å². The molecule has 0 N–H and O–H groups in total. The van der Waals surface area contributed by atoms with Crippen molar-refractivity contribution >= 4 is 0 Å². The van der Waals surface area contributed by atoms with Gasteiger partial charge in [-0.05, 0) is 0 Å². The van der Waals surface area contributed by atoms with Gasteiger partial charge in [0.2, 0.25) is 0 Å². The fourth-order valence-electron chi connectivity index (χ4n) is 2.09. The van der Waals surface area contributed by atoms with Crippen LogP contribution in [-0.2, 0) is 0 Å². The van der Waals surface area contributed by atoms with Crippen LogP contribution in [-0.4, -0.2) is 0 Å². The summed E-state index contributed by atoms with van der Waals surface area (Å²) in [5, 5.41) is 0. The van der Waals surface area contributed by atoms with E-state index >= 15 is 0 Å². The first kappa shape index (κ1) is 20.0. The van der Waals surface area contributed by atoms with Gasteiger partial charge in [0, 0.05) is 0 Å². The predicted molar refractivity (Wildman–Crippen MR) is 72.5 cm³/mol. The van der Waals surface area contributed by atoms with Crippen LogP contribution < -0.4 is 51.4 Å². The Morgan fingerprint density at radius 3 is 0.812 bits per heavy atom. The monoisotopic (exact) mass is 252 g/mol. The first-order valence-electron chi connectivity index (χ1n) is 7.41. The molecule has 0 saturated heterocycles. The molecule has 0 aromatic heterocycles. The van der Waals surface area contributed by atoms with Crippen molar-refractivity contribution in [3.63, 3.8) is 0 Å². The molecular formula is C15H33K. The molecule has 0 aliphatic rings. The average molecular weight is 253 g/mol. The molecule has 0 aromatic rings. The van der Waals surface area contributed by atoms with Crippen molar-refractivity contribution in [2.75, 3.05) is 0 Å². The minimum atomic E-state index is 0. The molecule has 0 radical (unpaired) electrons. The maximum Gasteiger partial charge on any atom is 1.00 e. The van der Waals surface area contributed by atoms with Crippen molar-refractivity contribution < 1.29 is 52.8 Å². The summed E-state index contributed by atoms with van der Waals surface area (Å²) in [6, 6.07) is 0. The molecule has 0 aromatic carbocycles. The van der Waals surface area contributed by atoms with E-state index in [4.69, 9.17) is 0 Å². The molecule has 0 fully saturated rings. The maximum atomic E-state index is 2.29. The molecule has 1 heteroatoms. The van der Waals surface area contributed by atoms with Crippen LogP contribution in [0.1, 0.15) is 98.7 Å². The summed E-state index contributed by atoms with van der Waals surface area (Å²) in [4.78, 5) is 0. The standard InChI is InChI=1S/C15H32.K.H/c1-3-5-7-9-11-13-15-14-12-10-8-6-4-2;;/h3-15H2,1-2H3;;/q;+1;-1. The molecular weight excluding hydrogens is 219 g/mol. The van der Waals surface area contributed by atoms with Gasteiger partial charge in [0.25, 0.3) is 0 Å². The number of hydrogen-bond acceptors (Lipinski definition) is 0. The van der Waals surface area contributed by atoms with Gasteiger partial charge >= 0.3 is 51.4 Å². The number of rotatable bonds is 12. The first-order valence-corrected chi connectivity index (χ1v) is 7.41. The third-order valence-corrected chi connectivity index (χ3v) is 3.21. The third kappa shape index (κ3) is 18.0. The van der Waals surface area contributed by atoms with E-state index < -0.39 is 0 Å². The molecule has 0 aliphatic heterocycles. The van der Waals surface area contributed by atoms with Crippen molar-refractivity contribution in [2.24, 2.45) is 0 Å². The molecule has 0 amide bonds. The molecule has 94 valence electrons. The minimum Gasteiger partial charge on any atom is -1.00 e. The van der Waals surface area contributed by atoms with Gasteiger partial charge in [-0.1, -0.05) is 97.3 Å². The first-order chi connectivity index (χ1) is 7.41. The molecule has 0 spiro atoms. The van der Waals surface area contributed by atoms with E-state index in [2.05, 4.69) is 13.8 Å². The summed E-state index contributed by atoms with van der Waals surface area (Å²) in [5.41, 5.74) is 0. The van der Waals surface area contributed by atoms with Gasteiger partial charge in [-0.15, -0.1) is 0 Å². The summed E-state index contributed by atoms with van der Waals surface area (Å²) in [7, 11) is 0. The molecule has 0 atom stereocenters. The van der Waals surface area contributed by atoms with Gasteiger partial charge < -0.3 is 1.43 Å². The normalized spacial score (nSPS) is 10.1. The van der Waals surface area contributed by atoms with Crippen molar-refractivity contribution in [2.45, 2.75) is 97.3 Å². The molecule has 0 nitrogen and oxygen atoms in total. The van der Waals surface area contributed by atoms with Gasteiger partial charge in [0.15, 0.2) is 0 Å². The molecule has 0 bridgehead atoms. The van der Waals surface area contributed by atoms with E-state index in [1.807, 2.05) is 0 Å². The van der Waals surface area contributed by atoms with Crippen LogP contribution in [0.5, 0.6) is 0 Å². The Kier molecular flexibility index (Phi) is 23.7. The second kappa shape index (κ2) is 19.0. The minimum absolute atomic E-state index is 0. The second-order valence-electron chi connectivity index (χ2n) is 4.89. The Morgan fingerprint density at radius 1 is 0.438 bits per heavy atom. The van der Waals surface area contributed by atoms with Crippen LogP contribution in [0, 0.1) is 0 Å². The predicted octanol–water partition coefficient (Wildman–Crippen LogP) is 3.21. The zero-order valence-electron chi connectivity index (χ0n) is 13.2. The molecule has 0 unspecified atom stereocenters. The van der Waals surface area contributed by atoms with Crippen LogP contribution in [0.25, 0.3) is 0 Å². The summed E-state index contributed by atoms with van der Waals surface area (Å²) in [6.07, 6.45) is 18.9. The zero-order valence-corrected chi connectivity index (χ0v) is 15.3. The van der Waals surface area contributed by atoms with E-state index in [0.717, 1.165) is 0 Å². The Labute approximate surface area is 148 Å². The van der Waals surface area contributed by atoms with E-state index in [0.29, 0.717) is 0 Å². The smallest absolute Gasteiger partial charge is 1.00 e. The van der Waals surface area contributed by atoms with Crippen molar-refractivity contribution in [3.8, 4) is 0 Å². The summed E-state index contributed by atoms with van der Waals surface area (Å²) >= 11 is 0. The Bertz CT molecular complexity index is 95.1. The van der Waals surface area contributed by atoms with Gasteiger partial charge in [-0.25, -0.2) is 0 Å². The summed E-state index contributed by atoms with van der Waals surface area (Å²) in [5.74, 6) is 0. The Hall–Kier alpha value is 1.64.